The number of aromatic nitrogens is 1. The van der Waals surface area contributed by atoms with E-state index >= 15 is 0 Å². The summed E-state index contributed by atoms with van der Waals surface area (Å²) in [7, 11) is 0. The summed E-state index contributed by atoms with van der Waals surface area (Å²) in [5.41, 5.74) is -0.660. The first-order valence-corrected chi connectivity index (χ1v) is 12.7. The molecule has 2 saturated heterocycles. The van der Waals surface area contributed by atoms with Crippen LogP contribution in [-0.4, -0.2) is 47.1 Å². The predicted octanol–water partition coefficient (Wildman–Crippen LogP) is 5.06. The zero-order valence-electron chi connectivity index (χ0n) is 20.1. The first-order chi connectivity index (χ1) is 17.2. The molecule has 1 aromatic carbocycles. The van der Waals surface area contributed by atoms with E-state index in [1.54, 1.807) is 6.20 Å². The van der Waals surface area contributed by atoms with Crippen molar-refractivity contribution >= 4 is 5.91 Å². The van der Waals surface area contributed by atoms with Crippen molar-refractivity contribution in [2.45, 2.75) is 68.8 Å². The van der Waals surface area contributed by atoms with Crippen LogP contribution in [0.25, 0.3) is 0 Å². The molecule has 1 amide bonds. The number of alkyl halides is 3. The second-order valence-electron chi connectivity index (χ2n) is 10.3. The second-order valence-corrected chi connectivity index (χ2v) is 10.3. The number of nitrogens with one attached hydrogen (secondary N) is 1. The number of nitrogens with zero attached hydrogens (tertiary/aromatic N) is 2. The van der Waals surface area contributed by atoms with Crippen LogP contribution in [0.5, 0.6) is 0 Å². The number of pyridine rings is 1. The Morgan fingerprint density at radius 1 is 1.14 bits per heavy atom. The number of benzene rings is 1. The molecule has 3 fully saturated rings. The number of carbonyl (C=O) groups excluding carboxylic acids is 1. The highest BCUT2D eigenvalue weighted by atomic mass is 19.4. The smallest absolute Gasteiger partial charge is 0.363 e. The lowest BCUT2D eigenvalue weighted by molar-refractivity contribution is -0.165. The molecule has 3 heterocycles. The van der Waals surface area contributed by atoms with E-state index in [0.717, 1.165) is 57.3 Å². The van der Waals surface area contributed by atoms with E-state index < -0.39 is 23.2 Å². The van der Waals surface area contributed by atoms with Gasteiger partial charge in [-0.1, -0.05) is 6.07 Å². The van der Waals surface area contributed by atoms with Gasteiger partial charge in [0.05, 0.1) is 12.2 Å². The van der Waals surface area contributed by atoms with Gasteiger partial charge in [-0.05, 0) is 98.8 Å². The summed E-state index contributed by atoms with van der Waals surface area (Å²) < 4.78 is 59.1. The Morgan fingerprint density at radius 2 is 1.92 bits per heavy atom. The molecule has 5 rings (SSSR count). The molecule has 36 heavy (non-hydrogen) atoms. The fourth-order valence-corrected chi connectivity index (χ4v) is 5.77. The van der Waals surface area contributed by atoms with Crippen LogP contribution in [0, 0.1) is 11.7 Å². The van der Waals surface area contributed by atoms with Gasteiger partial charge in [0, 0.05) is 25.0 Å². The zero-order chi connectivity index (χ0) is 25.3. The van der Waals surface area contributed by atoms with Crippen molar-refractivity contribution in [3.05, 3.63) is 65.2 Å². The van der Waals surface area contributed by atoms with Crippen LogP contribution in [0.3, 0.4) is 0 Å². The van der Waals surface area contributed by atoms with Gasteiger partial charge in [0.2, 0.25) is 0 Å². The summed E-state index contributed by atoms with van der Waals surface area (Å²) in [4.78, 5) is 19.9. The van der Waals surface area contributed by atoms with Crippen LogP contribution in [0.2, 0.25) is 0 Å². The summed E-state index contributed by atoms with van der Waals surface area (Å²) >= 11 is 0. The van der Waals surface area contributed by atoms with E-state index in [0.29, 0.717) is 25.0 Å². The third-order valence-electron chi connectivity index (χ3n) is 7.94. The van der Waals surface area contributed by atoms with Gasteiger partial charge in [0.25, 0.3) is 5.91 Å². The Balaban J connectivity index is 1.17. The lowest BCUT2D eigenvalue weighted by Gasteiger charge is -2.45. The molecule has 1 saturated carbocycles. The summed E-state index contributed by atoms with van der Waals surface area (Å²) in [6.45, 7) is 2.22. The lowest BCUT2D eigenvalue weighted by atomic mass is 9.84. The first kappa shape index (κ1) is 25.1. The standard InChI is InChI=1S/C27H31F4N3O2/c28-23-13-18(12-22(14-23)27(29,30)31)15-33-25(35)26(21-3-4-21)8-5-24(17-36-26)34-10-6-19(7-11-34)20-2-1-9-32-16-20/h1-2,9,12-14,16,19,21,24H,3-8,10-11,15,17H2,(H,33,35)/t24?,26-/m0/s1. The zero-order valence-corrected chi connectivity index (χ0v) is 20.1. The highest BCUT2D eigenvalue weighted by molar-refractivity contribution is 5.86. The van der Waals surface area contributed by atoms with Crippen LogP contribution in [0.4, 0.5) is 17.6 Å². The summed E-state index contributed by atoms with van der Waals surface area (Å²) in [5, 5.41) is 2.74. The van der Waals surface area contributed by atoms with E-state index in [-0.39, 0.29) is 30.0 Å². The van der Waals surface area contributed by atoms with Crippen LogP contribution >= 0.6 is 0 Å². The van der Waals surface area contributed by atoms with Gasteiger partial charge >= 0.3 is 6.18 Å². The summed E-state index contributed by atoms with van der Waals surface area (Å²) in [6, 6.07) is 6.71. The molecule has 2 aromatic rings. The highest BCUT2D eigenvalue weighted by Gasteiger charge is 2.54. The third-order valence-corrected chi connectivity index (χ3v) is 7.94. The lowest BCUT2D eigenvalue weighted by Crippen LogP contribution is -2.57. The minimum absolute atomic E-state index is 0.0757. The van der Waals surface area contributed by atoms with Gasteiger partial charge in [0.15, 0.2) is 0 Å². The van der Waals surface area contributed by atoms with Crippen molar-refractivity contribution in [1.82, 2.24) is 15.2 Å². The first-order valence-electron chi connectivity index (χ1n) is 12.7. The number of piperidine rings is 1. The normalized spacial score (nSPS) is 26.1. The van der Waals surface area contributed by atoms with Crippen LogP contribution in [0.15, 0.2) is 42.7 Å². The maximum absolute atomic E-state index is 13.7. The number of carbonyl (C=O) groups is 1. The van der Waals surface area contributed by atoms with E-state index in [4.69, 9.17) is 4.74 Å². The van der Waals surface area contributed by atoms with Gasteiger partial charge in [-0.15, -0.1) is 0 Å². The van der Waals surface area contributed by atoms with Crippen LogP contribution in [0.1, 0.15) is 61.1 Å². The molecule has 1 aliphatic carbocycles. The summed E-state index contributed by atoms with van der Waals surface area (Å²) in [5.74, 6) is -0.656. The molecule has 9 heteroatoms. The molecule has 2 aliphatic heterocycles. The Hall–Kier alpha value is -2.52. The molecule has 1 unspecified atom stereocenters. The van der Waals surface area contributed by atoms with Gasteiger partial charge < -0.3 is 10.1 Å². The van der Waals surface area contributed by atoms with Gasteiger partial charge in [-0.2, -0.15) is 13.2 Å². The summed E-state index contributed by atoms with van der Waals surface area (Å²) in [6.07, 6.45) is 4.41. The third kappa shape index (κ3) is 5.42. The molecule has 1 N–H and O–H groups in total. The van der Waals surface area contributed by atoms with Gasteiger partial charge in [-0.3, -0.25) is 14.7 Å². The topological polar surface area (TPSA) is 54.5 Å². The Labute approximate surface area is 208 Å². The Kier molecular flexibility index (Phi) is 7.05. The molecule has 5 nitrogen and oxygen atoms in total. The molecule has 3 aliphatic rings. The van der Waals surface area contributed by atoms with Gasteiger partial charge in [-0.25, -0.2) is 4.39 Å². The predicted molar refractivity (Wildman–Crippen MR) is 125 cm³/mol. The molecular formula is C27H31F4N3O2. The average Bonchev–Trinajstić information content (AvgIpc) is 3.73. The monoisotopic (exact) mass is 505 g/mol. The number of likely N-dealkylation sites (tertiary alicyclic amines) is 1. The number of rotatable bonds is 6. The molecule has 0 radical (unpaired) electrons. The average molecular weight is 506 g/mol. The fraction of sp³-hybridized carbons (Fsp3) is 0.556. The minimum atomic E-state index is -4.65. The molecule has 1 aromatic heterocycles. The molecule has 2 atom stereocenters. The quantitative estimate of drug-likeness (QED) is 0.558. The number of hydrogen-bond acceptors (Lipinski definition) is 4. The number of halogens is 4. The second kappa shape index (κ2) is 10.1. The van der Waals surface area contributed by atoms with E-state index in [2.05, 4.69) is 21.3 Å². The van der Waals surface area contributed by atoms with Crippen molar-refractivity contribution in [3.8, 4) is 0 Å². The van der Waals surface area contributed by atoms with Crippen molar-refractivity contribution in [2.75, 3.05) is 19.7 Å². The number of hydrogen-bond donors (Lipinski definition) is 1. The van der Waals surface area contributed by atoms with Crippen LogP contribution in [-0.2, 0) is 22.3 Å². The molecule has 194 valence electrons. The van der Waals surface area contributed by atoms with E-state index in [9.17, 15) is 22.4 Å². The van der Waals surface area contributed by atoms with Crippen molar-refractivity contribution in [2.24, 2.45) is 5.92 Å². The SMILES string of the molecule is O=C(NCc1cc(F)cc(C(F)(F)F)c1)[C@@]1(C2CC2)CCC(N2CCC(c3cccnc3)CC2)CO1. The maximum Gasteiger partial charge on any atom is 0.416 e. The van der Waals surface area contributed by atoms with Crippen molar-refractivity contribution in [3.63, 3.8) is 0 Å². The van der Waals surface area contributed by atoms with Crippen LogP contribution < -0.4 is 5.32 Å². The Morgan fingerprint density at radius 3 is 2.53 bits per heavy atom. The van der Waals surface area contributed by atoms with Crippen molar-refractivity contribution in [1.29, 1.82) is 0 Å². The van der Waals surface area contributed by atoms with E-state index in [1.807, 2.05) is 12.3 Å². The molecule has 0 bridgehead atoms. The van der Waals surface area contributed by atoms with Gasteiger partial charge in [0.1, 0.15) is 11.4 Å². The Bertz CT molecular complexity index is 1060. The number of ether oxygens (including phenoxy) is 1. The fourth-order valence-electron chi connectivity index (χ4n) is 5.77. The maximum atomic E-state index is 13.7. The largest absolute Gasteiger partial charge is 0.416 e. The van der Waals surface area contributed by atoms with Crippen molar-refractivity contribution < 1.29 is 27.1 Å². The minimum Gasteiger partial charge on any atom is -0.363 e. The van der Waals surface area contributed by atoms with E-state index in [1.165, 1.54) is 5.56 Å². The molecule has 0 spiro atoms. The highest BCUT2D eigenvalue weighted by Crippen LogP contribution is 2.47. The molecular weight excluding hydrogens is 474 g/mol. The number of amides is 1.